The molecule has 0 saturated carbocycles. The van der Waals surface area contributed by atoms with Gasteiger partial charge in [-0.25, -0.2) is 9.97 Å². The van der Waals surface area contributed by atoms with Gasteiger partial charge < -0.3 is 0 Å². The quantitative estimate of drug-likeness (QED) is 0.669. The van der Waals surface area contributed by atoms with Crippen molar-refractivity contribution in [2.24, 2.45) is 0 Å². The number of thiazole rings is 1. The summed E-state index contributed by atoms with van der Waals surface area (Å²) in [5.74, 6) is 0.693. The fraction of sp³-hybridized carbons (Fsp3) is 0.312. The van der Waals surface area contributed by atoms with E-state index in [0.29, 0.717) is 23.6 Å². The first-order valence-electron chi connectivity index (χ1n) is 7.52. The minimum Gasteiger partial charge on any atom is -0.295 e. The first-order valence-corrected chi connectivity index (χ1v) is 8.33. The lowest BCUT2D eigenvalue weighted by Crippen LogP contribution is -2.28. The fourth-order valence-corrected chi connectivity index (χ4v) is 3.94. The Bertz CT molecular complexity index is 990. The van der Waals surface area contributed by atoms with E-state index in [1.54, 1.807) is 4.57 Å². The summed E-state index contributed by atoms with van der Waals surface area (Å²) in [5.41, 5.74) is -0.886. The van der Waals surface area contributed by atoms with E-state index in [9.17, 15) is 18.0 Å². The molecule has 0 spiro atoms. The van der Waals surface area contributed by atoms with Crippen LogP contribution in [0.3, 0.4) is 0 Å². The summed E-state index contributed by atoms with van der Waals surface area (Å²) in [6, 6.07) is 5.26. The molecular formula is C16H12F3N3OS. The van der Waals surface area contributed by atoms with Crippen LogP contribution in [0.5, 0.6) is 0 Å². The maximum absolute atomic E-state index is 13.2. The molecule has 0 unspecified atom stereocenters. The highest BCUT2D eigenvalue weighted by atomic mass is 32.1. The topological polar surface area (TPSA) is 47.8 Å². The molecule has 4 nitrogen and oxygen atoms in total. The second-order valence-corrected chi connectivity index (χ2v) is 6.64. The van der Waals surface area contributed by atoms with Crippen LogP contribution in [0.25, 0.3) is 20.9 Å². The van der Waals surface area contributed by atoms with Crippen molar-refractivity contribution in [3.8, 4) is 10.6 Å². The highest BCUT2D eigenvalue weighted by molar-refractivity contribution is 7.21. The molecule has 0 aliphatic carbocycles. The maximum atomic E-state index is 13.2. The van der Waals surface area contributed by atoms with Gasteiger partial charge in [-0.3, -0.25) is 9.36 Å². The molecule has 1 aliphatic heterocycles. The molecule has 1 aromatic carbocycles. The molecule has 0 radical (unpaired) electrons. The average molecular weight is 351 g/mol. The summed E-state index contributed by atoms with van der Waals surface area (Å²) < 4.78 is 41.2. The van der Waals surface area contributed by atoms with Crippen LogP contribution < -0.4 is 5.56 Å². The Balaban J connectivity index is 1.94. The minimum absolute atomic E-state index is 0.0182. The van der Waals surface area contributed by atoms with Gasteiger partial charge in [0.05, 0.1) is 5.56 Å². The van der Waals surface area contributed by atoms with Crippen molar-refractivity contribution in [1.82, 2.24) is 14.5 Å². The van der Waals surface area contributed by atoms with Crippen molar-refractivity contribution in [3.63, 3.8) is 0 Å². The molecule has 124 valence electrons. The molecule has 8 heteroatoms. The number of hydrogen-bond acceptors (Lipinski definition) is 4. The van der Waals surface area contributed by atoms with Gasteiger partial charge in [0.1, 0.15) is 10.8 Å². The molecule has 0 saturated heterocycles. The van der Waals surface area contributed by atoms with Crippen LogP contribution in [-0.2, 0) is 19.1 Å². The molecule has 2 aromatic heterocycles. The van der Waals surface area contributed by atoms with Crippen LogP contribution in [0, 0.1) is 0 Å². The summed E-state index contributed by atoms with van der Waals surface area (Å²) in [6.45, 7) is 0.586. The maximum Gasteiger partial charge on any atom is 0.417 e. The van der Waals surface area contributed by atoms with E-state index in [1.807, 2.05) is 0 Å². The molecule has 0 amide bonds. The van der Waals surface area contributed by atoms with Gasteiger partial charge in [-0.2, -0.15) is 13.2 Å². The lowest BCUT2D eigenvalue weighted by molar-refractivity contribution is -0.137. The van der Waals surface area contributed by atoms with E-state index in [1.165, 1.54) is 18.2 Å². The Morgan fingerprint density at radius 2 is 1.92 bits per heavy atom. The second-order valence-electron chi connectivity index (χ2n) is 5.66. The van der Waals surface area contributed by atoms with E-state index in [4.69, 9.17) is 0 Å². The van der Waals surface area contributed by atoms with Crippen LogP contribution in [0.1, 0.15) is 24.2 Å². The fourth-order valence-electron chi connectivity index (χ4n) is 2.96. The van der Waals surface area contributed by atoms with Crippen LogP contribution in [0.2, 0.25) is 0 Å². The molecule has 0 N–H and O–H groups in total. The number of aryl methyl sites for hydroxylation is 1. The van der Waals surface area contributed by atoms with Gasteiger partial charge in [0, 0.05) is 18.5 Å². The summed E-state index contributed by atoms with van der Waals surface area (Å²) in [5, 5.41) is 0.172. The Kier molecular flexibility index (Phi) is 3.45. The van der Waals surface area contributed by atoms with Gasteiger partial charge in [0.15, 0.2) is 10.3 Å². The molecule has 0 atom stereocenters. The van der Waals surface area contributed by atoms with E-state index in [0.717, 1.165) is 30.2 Å². The van der Waals surface area contributed by atoms with E-state index in [2.05, 4.69) is 9.97 Å². The highest BCUT2D eigenvalue weighted by Gasteiger charge is 2.34. The zero-order chi connectivity index (χ0) is 16.9. The monoisotopic (exact) mass is 351 g/mol. The number of fused-ring (bicyclic) bond motifs is 2. The lowest BCUT2D eigenvalue weighted by atomic mass is 10.1. The third kappa shape index (κ3) is 2.41. The second kappa shape index (κ2) is 5.41. The summed E-state index contributed by atoms with van der Waals surface area (Å²) in [4.78, 5) is 21.6. The Morgan fingerprint density at radius 3 is 2.71 bits per heavy atom. The van der Waals surface area contributed by atoms with Crippen LogP contribution >= 0.6 is 11.3 Å². The molecule has 0 fully saturated rings. The van der Waals surface area contributed by atoms with Gasteiger partial charge in [-0.1, -0.05) is 29.5 Å². The SMILES string of the molecule is O=c1c2nc(-c3ccccc3C(F)(F)F)sc2nc2n1CCCC2. The third-order valence-electron chi connectivity index (χ3n) is 4.09. The predicted octanol–water partition coefficient (Wildman–Crippen LogP) is 3.88. The summed E-state index contributed by atoms with van der Waals surface area (Å²) >= 11 is 1.03. The van der Waals surface area contributed by atoms with Crippen molar-refractivity contribution in [1.29, 1.82) is 0 Å². The number of nitrogens with zero attached hydrogens (tertiary/aromatic N) is 3. The number of aromatic nitrogens is 3. The number of alkyl halides is 3. The standard InChI is InChI=1S/C16H12F3N3OS/c17-16(18,19)10-6-2-1-5-9(10)13-21-12-14(24-13)20-11-7-3-4-8-22(11)15(12)23/h1-2,5-6H,3-4,7-8H2. The van der Waals surface area contributed by atoms with Crippen molar-refractivity contribution < 1.29 is 13.2 Å². The average Bonchev–Trinajstić information content (AvgIpc) is 2.98. The number of hydrogen-bond donors (Lipinski definition) is 0. The van der Waals surface area contributed by atoms with E-state index in [-0.39, 0.29) is 21.6 Å². The first kappa shape index (κ1) is 15.3. The largest absolute Gasteiger partial charge is 0.417 e. The van der Waals surface area contributed by atoms with Crippen LogP contribution in [-0.4, -0.2) is 14.5 Å². The summed E-state index contributed by atoms with van der Waals surface area (Å²) in [7, 11) is 0. The Morgan fingerprint density at radius 1 is 1.12 bits per heavy atom. The van der Waals surface area contributed by atoms with Crippen LogP contribution in [0.4, 0.5) is 13.2 Å². The van der Waals surface area contributed by atoms with Crippen molar-refractivity contribution in [2.75, 3.05) is 0 Å². The summed E-state index contributed by atoms with van der Waals surface area (Å²) in [6.07, 6.45) is -1.91. The number of benzene rings is 1. The third-order valence-corrected chi connectivity index (χ3v) is 5.08. The normalized spacial score (nSPS) is 14.8. The molecule has 1 aliphatic rings. The highest BCUT2D eigenvalue weighted by Crippen LogP contribution is 2.39. The molecule has 3 aromatic rings. The molecule has 0 bridgehead atoms. The predicted molar refractivity (Wildman–Crippen MR) is 85.1 cm³/mol. The van der Waals surface area contributed by atoms with Crippen molar-refractivity contribution in [3.05, 3.63) is 46.0 Å². The van der Waals surface area contributed by atoms with Gasteiger partial charge in [0.2, 0.25) is 0 Å². The lowest BCUT2D eigenvalue weighted by Gasteiger charge is -2.16. The van der Waals surface area contributed by atoms with Crippen molar-refractivity contribution in [2.45, 2.75) is 32.0 Å². The molecule has 3 heterocycles. The van der Waals surface area contributed by atoms with Gasteiger partial charge in [-0.15, -0.1) is 0 Å². The molecule has 4 rings (SSSR count). The number of halogens is 3. The molecule has 24 heavy (non-hydrogen) atoms. The van der Waals surface area contributed by atoms with E-state index < -0.39 is 11.7 Å². The van der Waals surface area contributed by atoms with Crippen molar-refractivity contribution >= 4 is 21.7 Å². The van der Waals surface area contributed by atoms with Gasteiger partial charge >= 0.3 is 6.18 Å². The van der Waals surface area contributed by atoms with Gasteiger partial charge in [-0.05, 0) is 18.9 Å². The Labute approximate surface area is 138 Å². The van der Waals surface area contributed by atoms with Crippen LogP contribution in [0.15, 0.2) is 29.1 Å². The minimum atomic E-state index is -4.48. The smallest absolute Gasteiger partial charge is 0.295 e. The van der Waals surface area contributed by atoms with Gasteiger partial charge in [0.25, 0.3) is 5.56 Å². The zero-order valence-electron chi connectivity index (χ0n) is 12.4. The molecular weight excluding hydrogens is 339 g/mol. The zero-order valence-corrected chi connectivity index (χ0v) is 13.2. The first-order chi connectivity index (χ1) is 11.4. The van der Waals surface area contributed by atoms with E-state index >= 15 is 0 Å². The number of rotatable bonds is 1. The Hall–Kier alpha value is -2.22.